The van der Waals surface area contributed by atoms with Crippen LogP contribution in [0.3, 0.4) is 0 Å². The van der Waals surface area contributed by atoms with E-state index in [1.807, 2.05) is 42.5 Å². The average Bonchev–Trinajstić information content (AvgIpc) is 3.15. The summed E-state index contributed by atoms with van der Waals surface area (Å²) in [5.74, 6) is -0.362. The predicted octanol–water partition coefficient (Wildman–Crippen LogP) is 5.25. The number of non-ortho nitro benzene ring substituents is 1. The molecule has 8 nitrogen and oxygen atoms in total. The number of hydrogen-bond acceptors (Lipinski definition) is 6. The summed E-state index contributed by atoms with van der Waals surface area (Å²) in [5.41, 5.74) is 2.73. The summed E-state index contributed by atoms with van der Waals surface area (Å²) in [6.07, 6.45) is 5.39. The number of aromatic hydroxyl groups is 1. The normalized spacial score (nSPS) is 14.6. The van der Waals surface area contributed by atoms with E-state index in [2.05, 4.69) is 5.10 Å². The number of anilines is 1. The zero-order valence-corrected chi connectivity index (χ0v) is 18.3. The molecule has 0 bridgehead atoms. The average molecular weight is 455 g/mol. The Morgan fingerprint density at radius 2 is 1.74 bits per heavy atom. The predicted molar refractivity (Wildman–Crippen MR) is 131 cm³/mol. The monoisotopic (exact) mass is 455 g/mol. The number of carbonyl (C=O) groups is 1. The van der Waals surface area contributed by atoms with Crippen LogP contribution < -0.4 is 5.01 Å². The molecule has 4 rings (SSSR count). The molecule has 0 aliphatic carbocycles. The fraction of sp³-hybridized carbons (Fsp3) is 0.0769. The van der Waals surface area contributed by atoms with E-state index < -0.39 is 10.8 Å². The number of phenols is 1. The van der Waals surface area contributed by atoms with Gasteiger partial charge in [0.05, 0.1) is 17.2 Å². The van der Waals surface area contributed by atoms with Crippen molar-refractivity contribution in [3.05, 3.63) is 105 Å². The molecule has 0 fully saturated rings. The van der Waals surface area contributed by atoms with E-state index >= 15 is 0 Å². The highest BCUT2D eigenvalue weighted by Crippen LogP contribution is 2.29. The molecule has 0 saturated carbocycles. The van der Waals surface area contributed by atoms with Crippen molar-refractivity contribution in [1.29, 1.82) is 0 Å². The standard InChI is InChI=1S/C26H21N3O5/c1-2-34-25-23(26(31)28(27-25)21-11-13-22(14-12-21)29(32)33)17-20-16-19(10-15-24(20)30)9-8-18-6-4-3-5-7-18/h3-17,30H,2H2,1H3. The zero-order chi connectivity index (χ0) is 24.1. The second-order valence-corrected chi connectivity index (χ2v) is 7.35. The molecule has 1 N–H and O–H groups in total. The number of rotatable bonds is 6. The Kier molecular flexibility index (Phi) is 6.49. The summed E-state index contributed by atoms with van der Waals surface area (Å²) in [7, 11) is 0. The van der Waals surface area contributed by atoms with Gasteiger partial charge in [-0.05, 0) is 48.4 Å². The number of phenolic OH excluding ortho intramolecular Hbond substituents is 1. The van der Waals surface area contributed by atoms with Crippen molar-refractivity contribution in [3.63, 3.8) is 0 Å². The summed E-state index contributed by atoms with van der Waals surface area (Å²) in [4.78, 5) is 23.6. The maximum absolute atomic E-state index is 13.2. The van der Waals surface area contributed by atoms with E-state index in [0.29, 0.717) is 11.3 Å². The van der Waals surface area contributed by atoms with Crippen molar-refractivity contribution in [2.75, 3.05) is 11.6 Å². The SMILES string of the molecule is CCOC1=NN(c2ccc([N+](=O)[O-])cc2)C(=O)C1=Cc1cc(C=Cc2ccccc2)ccc1O. The van der Waals surface area contributed by atoms with E-state index in [1.165, 1.54) is 30.3 Å². The first kappa shape index (κ1) is 22.5. The Balaban J connectivity index is 1.66. The highest BCUT2D eigenvalue weighted by molar-refractivity contribution is 6.30. The van der Waals surface area contributed by atoms with Crippen molar-refractivity contribution in [2.24, 2.45) is 5.10 Å². The van der Waals surface area contributed by atoms with Crippen LogP contribution in [0.2, 0.25) is 0 Å². The quantitative estimate of drug-likeness (QED) is 0.236. The first-order valence-electron chi connectivity index (χ1n) is 10.5. The van der Waals surface area contributed by atoms with Gasteiger partial charge >= 0.3 is 0 Å². The largest absolute Gasteiger partial charge is 0.507 e. The number of hydrazone groups is 1. The summed E-state index contributed by atoms with van der Waals surface area (Å²) >= 11 is 0. The van der Waals surface area contributed by atoms with Gasteiger partial charge < -0.3 is 9.84 Å². The molecule has 1 aliphatic heterocycles. The number of amides is 1. The molecule has 0 unspecified atom stereocenters. The van der Waals surface area contributed by atoms with Crippen molar-refractivity contribution >= 4 is 41.4 Å². The number of carbonyl (C=O) groups excluding carboxylic acids is 1. The number of hydrogen-bond donors (Lipinski definition) is 1. The van der Waals surface area contributed by atoms with Gasteiger partial charge in [0.2, 0.25) is 5.90 Å². The molecule has 170 valence electrons. The van der Waals surface area contributed by atoms with Gasteiger partial charge in [-0.2, -0.15) is 5.01 Å². The fourth-order valence-electron chi connectivity index (χ4n) is 3.36. The highest BCUT2D eigenvalue weighted by atomic mass is 16.6. The van der Waals surface area contributed by atoms with Crippen LogP contribution in [0.4, 0.5) is 11.4 Å². The van der Waals surface area contributed by atoms with Crippen LogP contribution in [0.15, 0.2) is 83.5 Å². The second-order valence-electron chi connectivity index (χ2n) is 7.35. The van der Waals surface area contributed by atoms with Gasteiger partial charge in [0.15, 0.2) is 0 Å². The summed E-state index contributed by atoms with van der Waals surface area (Å²) in [5, 5.41) is 26.7. The van der Waals surface area contributed by atoms with Gasteiger partial charge in [-0.1, -0.05) is 48.6 Å². The Labute approximate surface area is 195 Å². The van der Waals surface area contributed by atoms with Crippen LogP contribution in [-0.4, -0.2) is 28.4 Å². The van der Waals surface area contributed by atoms with Crippen molar-refractivity contribution in [2.45, 2.75) is 6.92 Å². The molecule has 1 heterocycles. The number of nitrogens with zero attached hydrogens (tertiary/aromatic N) is 3. The third-order valence-electron chi connectivity index (χ3n) is 5.05. The molecule has 0 aromatic heterocycles. The van der Waals surface area contributed by atoms with Crippen LogP contribution in [0.5, 0.6) is 5.75 Å². The molecule has 3 aromatic rings. The molecule has 0 atom stereocenters. The Morgan fingerprint density at radius 1 is 1.03 bits per heavy atom. The van der Waals surface area contributed by atoms with Crippen LogP contribution >= 0.6 is 0 Å². The lowest BCUT2D eigenvalue weighted by Crippen LogP contribution is -2.21. The molecule has 34 heavy (non-hydrogen) atoms. The molecule has 1 aliphatic rings. The van der Waals surface area contributed by atoms with E-state index in [1.54, 1.807) is 25.1 Å². The second kappa shape index (κ2) is 9.83. The Hall–Kier alpha value is -4.72. The van der Waals surface area contributed by atoms with Crippen LogP contribution in [-0.2, 0) is 9.53 Å². The van der Waals surface area contributed by atoms with E-state index in [-0.39, 0.29) is 29.5 Å². The van der Waals surface area contributed by atoms with Crippen LogP contribution in [0, 0.1) is 10.1 Å². The van der Waals surface area contributed by atoms with E-state index in [9.17, 15) is 20.0 Å². The van der Waals surface area contributed by atoms with Gasteiger partial charge in [0.25, 0.3) is 11.6 Å². The molecule has 8 heteroatoms. The molecule has 0 saturated heterocycles. The number of nitro benzene ring substituents is 1. The van der Waals surface area contributed by atoms with Gasteiger partial charge in [-0.3, -0.25) is 14.9 Å². The van der Waals surface area contributed by atoms with Crippen molar-refractivity contribution in [3.8, 4) is 5.75 Å². The number of ether oxygens (including phenoxy) is 1. The molecule has 3 aromatic carbocycles. The minimum Gasteiger partial charge on any atom is -0.507 e. The van der Waals surface area contributed by atoms with Gasteiger partial charge in [0, 0.05) is 17.7 Å². The molecule has 1 amide bonds. The summed E-state index contributed by atoms with van der Waals surface area (Å²) in [6.45, 7) is 2.05. The lowest BCUT2D eigenvalue weighted by Gasteiger charge is -2.10. The fourth-order valence-corrected chi connectivity index (χ4v) is 3.36. The lowest BCUT2D eigenvalue weighted by molar-refractivity contribution is -0.384. The third kappa shape index (κ3) is 4.86. The summed E-state index contributed by atoms with van der Waals surface area (Å²) in [6, 6.07) is 20.4. The lowest BCUT2D eigenvalue weighted by atomic mass is 10.0. The highest BCUT2D eigenvalue weighted by Gasteiger charge is 2.33. The molecular weight excluding hydrogens is 434 g/mol. The molecule has 0 spiro atoms. The number of nitro groups is 1. The number of benzene rings is 3. The first-order valence-corrected chi connectivity index (χ1v) is 10.5. The van der Waals surface area contributed by atoms with Crippen molar-refractivity contribution in [1.82, 2.24) is 0 Å². The summed E-state index contributed by atoms with van der Waals surface area (Å²) < 4.78 is 5.56. The Bertz CT molecular complexity index is 1310. The van der Waals surface area contributed by atoms with Gasteiger partial charge in [-0.25, -0.2) is 0 Å². The minimum atomic E-state index is -0.516. The molecular formula is C26H21N3O5. The maximum atomic E-state index is 13.2. The van der Waals surface area contributed by atoms with E-state index in [4.69, 9.17) is 4.74 Å². The molecule has 0 radical (unpaired) electrons. The Morgan fingerprint density at radius 3 is 2.41 bits per heavy atom. The maximum Gasteiger partial charge on any atom is 0.284 e. The minimum absolute atomic E-state index is 0.00166. The zero-order valence-electron chi connectivity index (χ0n) is 18.3. The first-order chi connectivity index (χ1) is 16.5. The van der Waals surface area contributed by atoms with Gasteiger partial charge in [-0.15, -0.1) is 5.10 Å². The van der Waals surface area contributed by atoms with Crippen molar-refractivity contribution < 1.29 is 19.6 Å². The van der Waals surface area contributed by atoms with Gasteiger partial charge in [0.1, 0.15) is 11.3 Å². The van der Waals surface area contributed by atoms with E-state index in [0.717, 1.165) is 16.1 Å². The van der Waals surface area contributed by atoms with Crippen LogP contribution in [0.1, 0.15) is 23.6 Å². The topological polar surface area (TPSA) is 105 Å². The smallest absolute Gasteiger partial charge is 0.284 e. The van der Waals surface area contributed by atoms with Crippen LogP contribution in [0.25, 0.3) is 18.2 Å². The third-order valence-corrected chi connectivity index (χ3v) is 5.05.